The molecule has 0 aromatic rings. The minimum atomic E-state index is -0.0420. The van der Waals surface area contributed by atoms with Crippen molar-refractivity contribution in [2.45, 2.75) is 112 Å². The monoisotopic (exact) mass is 458 g/mol. The van der Waals surface area contributed by atoms with Gasteiger partial charge in [-0.05, 0) is 109 Å². The normalized spacial score (nSPS) is 55.7. The Morgan fingerprint density at radius 2 is 1.39 bits per heavy atom. The molecule has 0 bridgehead atoms. The van der Waals surface area contributed by atoms with Crippen LogP contribution in [0.2, 0.25) is 0 Å². The maximum absolute atomic E-state index is 12.7. The Kier molecular flexibility index (Phi) is 5.38. The van der Waals surface area contributed by atoms with Crippen molar-refractivity contribution in [1.29, 1.82) is 0 Å². The fraction of sp³-hybridized carbons (Fsp3) is 0.967. The quantitative estimate of drug-likeness (QED) is 0.503. The zero-order chi connectivity index (χ0) is 24.1. The van der Waals surface area contributed by atoms with E-state index in [-0.39, 0.29) is 39.6 Å². The van der Waals surface area contributed by atoms with E-state index >= 15 is 0 Å². The van der Waals surface area contributed by atoms with Gasteiger partial charge in [0.15, 0.2) is 0 Å². The predicted octanol–water partition coefficient (Wildman–Crippen LogP) is 6.40. The minimum absolute atomic E-state index is 0.0367. The fourth-order valence-corrected chi connectivity index (χ4v) is 11.2. The highest BCUT2D eigenvalue weighted by molar-refractivity contribution is 5.82. The van der Waals surface area contributed by atoms with Crippen LogP contribution in [0.25, 0.3) is 0 Å². The zero-order valence-corrected chi connectivity index (χ0v) is 22.3. The smallest absolute Gasteiger partial charge is 0.136 e. The second kappa shape index (κ2) is 7.31. The minimum Gasteiger partial charge on any atom is -0.396 e. The van der Waals surface area contributed by atoms with Crippen molar-refractivity contribution in [2.75, 3.05) is 13.2 Å². The Morgan fingerprint density at radius 1 is 0.758 bits per heavy atom. The number of aliphatic hydroxyl groups is 2. The molecule has 2 N–H and O–H groups in total. The third-order valence-corrected chi connectivity index (χ3v) is 13.8. The van der Waals surface area contributed by atoms with Crippen molar-refractivity contribution in [2.24, 2.45) is 56.2 Å². The van der Waals surface area contributed by atoms with E-state index in [4.69, 9.17) is 0 Å². The standard InChI is InChI=1S/C30H50O3/c1-20-21(33)7-8-22-26(20,4)10-9-23-27(5)12-15-29(18-31)14-11-25(2,3)17-24(29)28(27,6)13-16-30(22,23)19-32/h20,22-24,31-32H,7-19H2,1-6H3. The van der Waals surface area contributed by atoms with Crippen molar-refractivity contribution in [3.8, 4) is 0 Å². The average molecular weight is 459 g/mol. The van der Waals surface area contributed by atoms with E-state index in [2.05, 4.69) is 41.5 Å². The number of carbonyl (C=O) groups is 1. The van der Waals surface area contributed by atoms with Crippen LogP contribution in [0.5, 0.6) is 0 Å². The van der Waals surface area contributed by atoms with Crippen LogP contribution >= 0.6 is 0 Å². The van der Waals surface area contributed by atoms with E-state index < -0.39 is 0 Å². The van der Waals surface area contributed by atoms with Gasteiger partial charge in [0.25, 0.3) is 0 Å². The van der Waals surface area contributed by atoms with E-state index in [1.165, 1.54) is 25.7 Å². The topological polar surface area (TPSA) is 57.5 Å². The summed E-state index contributed by atoms with van der Waals surface area (Å²) in [6.07, 6.45) is 12.2. The summed E-state index contributed by atoms with van der Waals surface area (Å²) >= 11 is 0. The molecular formula is C30H50O3. The summed E-state index contributed by atoms with van der Waals surface area (Å²) in [5.74, 6) is 2.11. The van der Waals surface area contributed by atoms with E-state index in [0.29, 0.717) is 42.0 Å². The molecule has 33 heavy (non-hydrogen) atoms. The van der Waals surface area contributed by atoms with Crippen LogP contribution in [0.15, 0.2) is 0 Å². The molecule has 5 aliphatic carbocycles. The van der Waals surface area contributed by atoms with Crippen LogP contribution in [-0.2, 0) is 4.79 Å². The number of Topliss-reactive ketones (excluding diaryl/α,β-unsaturated/α-hetero) is 1. The Morgan fingerprint density at radius 3 is 2.06 bits per heavy atom. The summed E-state index contributed by atoms with van der Waals surface area (Å²) in [6, 6.07) is 0. The van der Waals surface area contributed by atoms with Gasteiger partial charge in [-0.1, -0.05) is 41.5 Å². The highest BCUT2D eigenvalue weighted by Gasteiger charge is 2.72. The highest BCUT2D eigenvalue weighted by Crippen LogP contribution is 2.78. The molecule has 0 amide bonds. The molecule has 5 aliphatic rings. The number of hydrogen-bond donors (Lipinski definition) is 2. The first-order valence-electron chi connectivity index (χ1n) is 14.1. The highest BCUT2D eigenvalue weighted by atomic mass is 16.3. The molecule has 5 saturated carbocycles. The molecule has 0 saturated heterocycles. The lowest BCUT2D eigenvalue weighted by atomic mass is 9.30. The summed E-state index contributed by atoms with van der Waals surface area (Å²) < 4.78 is 0. The Bertz CT molecular complexity index is 819. The lowest BCUT2D eigenvalue weighted by Crippen LogP contribution is -2.69. The van der Waals surface area contributed by atoms with Crippen molar-refractivity contribution in [3.05, 3.63) is 0 Å². The molecule has 3 nitrogen and oxygen atoms in total. The molecule has 0 aliphatic heterocycles. The largest absolute Gasteiger partial charge is 0.396 e. The van der Waals surface area contributed by atoms with Crippen LogP contribution in [0.1, 0.15) is 112 Å². The average Bonchev–Trinajstić information content (AvgIpc) is 2.78. The van der Waals surface area contributed by atoms with Gasteiger partial charge in [0.05, 0.1) is 0 Å². The van der Waals surface area contributed by atoms with Crippen molar-refractivity contribution in [1.82, 2.24) is 0 Å². The van der Waals surface area contributed by atoms with Crippen LogP contribution in [-0.4, -0.2) is 29.2 Å². The molecule has 9 atom stereocenters. The molecule has 5 fully saturated rings. The number of rotatable bonds is 2. The maximum atomic E-state index is 12.7. The van der Waals surface area contributed by atoms with Crippen LogP contribution in [0.4, 0.5) is 0 Å². The summed E-state index contributed by atoms with van der Waals surface area (Å²) in [4.78, 5) is 12.7. The summed E-state index contributed by atoms with van der Waals surface area (Å²) in [5.41, 5.74) is 0.836. The van der Waals surface area contributed by atoms with Crippen LogP contribution in [0.3, 0.4) is 0 Å². The molecule has 0 radical (unpaired) electrons. The van der Waals surface area contributed by atoms with Gasteiger partial charge < -0.3 is 10.2 Å². The van der Waals surface area contributed by atoms with Gasteiger partial charge in [0, 0.05) is 31.0 Å². The van der Waals surface area contributed by atoms with Gasteiger partial charge in [0.1, 0.15) is 5.78 Å². The van der Waals surface area contributed by atoms with Crippen molar-refractivity contribution in [3.63, 3.8) is 0 Å². The van der Waals surface area contributed by atoms with Crippen LogP contribution < -0.4 is 0 Å². The molecule has 3 heteroatoms. The number of aliphatic hydroxyl groups excluding tert-OH is 2. The first-order valence-corrected chi connectivity index (χ1v) is 14.1. The van der Waals surface area contributed by atoms with E-state index in [1.54, 1.807) is 0 Å². The molecule has 9 unspecified atom stereocenters. The summed E-state index contributed by atoms with van der Waals surface area (Å²) in [7, 11) is 0. The molecule has 5 rings (SSSR count). The maximum Gasteiger partial charge on any atom is 0.136 e. The van der Waals surface area contributed by atoms with Gasteiger partial charge in [-0.25, -0.2) is 0 Å². The van der Waals surface area contributed by atoms with Crippen molar-refractivity contribution >= 4 is 5.78 Å². The zero-order valence-electron chi connectivity index (χ0n) is 22.3. The van der Waals surface area contributed by atoms with Gasteiger partial charge in [-0.2, -0.15) is 0 Å². The summed E-state index contributed by atoms with van der Waals surface area (Å²) in [6.45, 7) is 15.2. The Labute approximate surface area is 202 Å². The Balaban J connectivity index is 1.58. The fourth-order valence-electron chi connectivity index (χ4n) is 11.2. The van der Waals surface area contributed by atoms with Gasteiger partial charge in [-0.15, -0.1) is 0 Å². The van der Waals surface area contributed by atoms with Gasteiger partial charge in [0.2, 0.25) is 0 Å². The second-order valence-electron chi connectivity index (χ2n) is 15.0. The number of carbonyl (C=O) groups excluding carboxylic acids is 1. The van der Waals surface area contributed by atoms with E-state index in [9.17, 15) is 15.0 Å². The third kappa shape index (κ3) is 2.90. The molecule has 0 heterocycles. The first-order chi connectivity index (χ1) is 15.3. The van der Waals surface area contributed by atoms with E-state index in [1.807, 2.05) is 0 Å². The van der Waals surface area contributed by atoms with E-state index in [0.717, 1.165) is 38.5 Å². The molecule has 0 spiro atoms. The number of fused-ring (bicyclic) bond motifs is 7. The third-order valence-electron chi connectivity index (χ3n) is 13.8. The van der Waals surface area contributed by atoms with Crippen LogP contribution in [0, 0.1) is 56.2 Å². The van der Waals surface area contributed by atoms with Gasteiger partial charge in [-0.3, -0.25) is 4.79 Å². The molecule has 0 aromatic heterocycles. The van der Waals surface area contributed by atoms with Crippen molar-refractivity contribution < 1.29 is 15.0 Å². The predicted molar refractivity (Wildman–Crippen MR) is 133 cm³/mol. The lowest BCUT2D eigenvalue weighted by Gasteiger charge is -2.75. The Hall–Kier alpha value is -0.410. The number of hydrogen-bond acceptors (Lipinski definition) is 3. The molecule has 0 aromatic carbocycles. The van der Waals surface area contributed by atoms with Gasteiger partial charge >= 0.3 is 0 Å². The first kappa shape index (κ1) is 24.3. The number of ketones is 1. The summed E-state index contributed by atoms with van der Waals surface area (Å²) in [5, 5.41) is 21.9. The molecular weight excluding hydrogens is 408 g/mol. The second-order valence-corrected chi connectivity index (χ2v) is 15.0. The lowest BCUT2D eigenvalue weighted by molar-refractivity contribution is -0.273. The SMILES string of the molecule is CC1C(=O)CCC2C1(C)CCC1C2(CO)CCC2(C)C3CC(C)(C)CCC3(CO)CCC12C. The molecule has 188 valence electrons.